The maximum absolute atomic E-state index is 10.4. The van der Waals surface area contributed by atoms with Crippen molar-refractivity contribution in [3.05, 3.63) is 56.2 Å². The van der Waals surface area contributed by atoms with Gasteiger partial charge in [0.1, 0.15) is 6.10 Å². The summed E-state index contributed by atoms with van der Waals surface area (Å²) in [5.41, 5.74) is 2.26. The van der Waals surface area contributed by atoms with E-state index in [0.717, 1.165) is 21.3 Å². The van der Waals surface area contributed by atoms with Crippen LogP contribution in [0.25, 0.3) is 0 Å². The molecule has 1 aromatic carbocycles. The number of rotatable bonds is 4. The van der Waals surface area contributed by atoms with Crippen LogP contribution in [0.15, 0.2) is 40.2 Å². The third kappa shape index (κ3) is 3.22. The van der Waals surface area contributed by atoms with Crippen LogP contribution in [-0.2, 0) is 6.42 Å². The highest BCUT2D eigenvalue weighted by molar-refractivity contribution is 9.10. The van der Waals surface area contributed by atoms with E-state index in [0.29, 0.717) is 5.92 Å². The molecule has 0 aliphatic carbocycles. The monoisotopic (exact) mass is 324 g/mol. The molecule has 0 aliphatic rings. The minimum atomic E-state index is -0.536. The second-order valence-electron chi connectivity index (χ2n) is 4.88. The summed E-state index contributed by atoms with van der Waals surface area (Å²) >= 11 is 5.05. The van der Waals surface area contributed by atoms with Gasteiger partial charge < -0.3 is 5.11 Å². The second kappa shape index (κ2) is 6.00. The minimum Gasteiger partial charge on any atom is -0.383 e. The molecule has 0 aliphatic heterocycles. The highest BCUT2D eigenvalue weighted by atomic mass is 79.9. The first kappa shape index (κ1) is 13.8. The van der Waals surface area contributed by atoms with E-state index in [9.17, 15) is 5.11 Å². The molecule has 1 aromatic heterocycles. The van der Waals surface area contributed by atoms with E-state index in [1.807, 2.05) is 23.6 Å². The summed E-state index contributed by atoms with van der Waals surface area (Å²) in [6.07, 6.45) is 0.512. The standard InChI is InChI=1S/C15H17BrOS/c1-10(2)8-11-4-3-5-12(9-11)14(17)15-13(16)6-7-18-15/h3-7,9-10,14,17H,8H2,1-2H3. The number of aliphatic hydroxyl groups is 1. The molecule has 0 fully saturated rings. The largest absolute Gasteiger partial charge is 0.383 e. The van der Waals surface area contributed by atoms with Crippen LogP contribution < -0.4 is 0 Å². The van der Waals surface area contributed by atoms with Crippen molar-refractivity contribution in [3.8, 4) is 0 Å². The Morgan fingerprint density at radius 2 is 2.06 bits per heavy atom. The van der Waals surface area contributed by atoms with Gasteiger partial charge in [0, 0.05) is 4.47 Å². The van der Waals surface area contributed by atoms with Gasteiger partial charge in [0.15, 0.2) is 0 Å². The number of hydrogen-bond donors (Lipinski definition) is 1. The zero-order chi connectivity index (χ0) is 13.1. The van der Waals surface area contributed by atoms with Crippen LogP contribution >= 0.6 is 27.3 Å². The molecule has 0 saturated heterocycles. The van der Waals surface area contributed by atoms with Gasteiger partial charge in [-0.05, 0) is 50.8 Å². The molecule has 1 N–H and O–H groups in total. The third-order valence-corrected chi connectivity index (χ3v) is 4.73. The Hall–Kier alpha value is -0.640. The van der Waals surface area contributed by atoms with Crippen LogP contribution in [0.1, 0.15) is 36.0 Å². The molecule has 0 amide bonds. The highest BCUT2D eigenvalue weighted by Crippen LogP contribution is 2.33. The van der Waals surface area contributed by atoms with E-state index < -0.39 is 6.10 Å². The summed E-state index contributed by atoms with van der Waals surface area (Å²) < 4.78 is 0.981. The van der Waals surface area contributed by atoms with Gasteiger partial charge >= 0.3 is 0 Å². The quantitative estimate of drug-likeness (QED) is 0.857. The van der Waals surface area contributed by atoms with E-state index >= 15 is 0 Å². The first-order valence-electron chi connectivity index (χ1n) is 6.07. The molecular weight excluding hydrogens is 308 g/mol. The van der Waals surface area contributed by atoms with Gasteiger partial charge in [0.05, 0.1) is 4.88 Å². The molecule has 0 bridgehead atoms. The van der Waals surface area contributed by atoms with Crippen molar-refractivity contribution in [2.75, 3.05) is 0 Å². The van der Waals surface area contributed by atoms with E-state index in [4.69, 9.17) is 0 Å². The Balaban J connectivity index is 2.25. The van der Waals surface area contributed by atoms with Crippen molar-refractivity contribution in [2.45, 2.75) is 26.4 Å². The molecule has 0 radical (unpaired) electrons. The predicted molar refractivity (Wildman–Crippen MR) is 81.1 cm³/mol. The summed E-state index contributed by atoms with van der Waals surface area (Å²) in [7, 11) is 0. The van der Waals surface area contributed by atoms with Crippen LogP contribution in [0.2, 0.25) is 0 Å². The van der Waals surface area contributed by atoms with Gasteiger partial charge in [-0.25, -0.2) is 0 Å². The van der Waals surface area contributed by atoms with Gasteiger partial charge in [-0.1, -0.05) is 38.1 Å². The SMILES string of the molecule is CC(C)Cc1cccc(C(O)c2sccc2Br)c1. The first-order chi connectivity index (χ1) is 8.58. The van der Waals surface area contributed by atoms with Crippen molar-refractivity contribution in [3.63, 3.8) is 0 Å². The van der Waals surface area contributed by atoms with Gasteiger partial charge in [0.2, 0.25) is 0 Å². The van der Waals surface area contributed by atoms with Crippen LogP contribution in [0.5, 0.6) is 0 Å². The van der Waals surface area contributed by atoms with Gasteiger partial charge in [-0.15, -0.1) is 11.3 Å². The Morgan fingerprint density at radius 3 is 2.67 bits per heavy atom. The molecule has 1 atom stereocenters. The third-order valence-electron chi connectivity index (χ3n) is 2.80. The number of benzene rings is 1. The smallest absolute Gasteiger partial charge is 0.114 e. The molecule has 2 aromatic rings. The molecule has 0 saturated carbocycles. The predicted octanol–water partition coefficient (Wildman–Crippen LogP) is 4.79. The van der Waals surface area contributed by atoms with Crippen LogP contribution in [0.4, 0.5) is 0 Å². The summed E-state index contributed by atoms with van der Waals surface area (Å²) in [4.78, 5) is 0.969. The molecule has 96 valence electrons. The summed E-state index contributed by atoms with van der Waals surface area (Å²) in [5.74, 6) is 0.630. The Labute approximate surface area is 121 Å². The number of halogens is 1. The number of hydrogen-bond acceptors (Lipinski definition) is 2. The Kier molecular flexibility index (Phi) is 4.60. The maximum Gasteiger partial charge on any atom is 0.114 e. The van der Waals surface area contributed by atoms with Gasteiger partial charge in [0.25, 0.3) is 0 Å². The lowest BCUT2D eigenvalue weighted by Gasteiger charge is -2.12. The minimum absolute atomic E-state index is 0.536. The van der Waals surface area contributed by atoms with Crippen molar-refractivity contribution in [1.82, 2.24) is 0 Å². The lowest BCUT2D eigenvalue weighted by Crippen LogP contribution is -2.00. The van der Waals surface area contributed by atoms with Crippen LogP contribution in [0.3, 0.4) is 0 Å². The summed E-state index contributed by atoms with van der Waals surface area (Å²) in [6, 6.07) is 10.2. The molecule has 0 spiro atoms. The fourth-order valence-electron chi connectivity index (χ4n) is 2.01. The molecule has 1 unspecified atom stereocenters. The van der Waals surface area contributed by atoms with Crippen molar-refractivity contribution < 1.29 is 5.11 Å². The van der Waals surface area contributed by atoms with Gasteiger partial charge in [-0.3, -0.25) is 0 Å². The average Bonchev–Trinajstić information content (AvgIpc) is 2.74. The summed E-state index contributed by atoms with van der Waals surface area (Å²) in [5, 5.41) is 12.4. The lowest BCUT2D eigenvalue weighted by molar-refractivity contribution is 0.223. The number of aliphatic hydroxyl groups excluding tert-OH is 1. The van der Waals surface area contributed by atoms with E-state index in [1.165, 1.54) is 5.56 Å². The number of thiophene rings is 1. The lowest BCUT2D eigenvalue weighted by atomic mass is 9.99. The van der Waals surface area contributed by atoms with Crippen molar-refractivity contribution in [1.29, 1.82) is 0 Å². The van der Waals surface area contributed by atoms with Crippen molar-refractivity contribution in [2.24, 2.45) is 5.92 Å². The Bertz CT molecular complexity index is 519. The second-order valence-corrected chi connectivity index (χ2v) is 6.68. The highest BCUT2D eigenvalue weighted by Gasteiger charge is 2.15. The molecule has 3 heteroatoms. The zero-order valence-corrected chi connectivity index (χ0v) is 13.0. The average molecular weight is 325 g/mol. The fraction of sp³-hybridized carbons (Fsp3) is 0.333. The summed E-state index contributed by atoms with van der Waals surface area (Å²) in [6.45, 7) is 4.41. The van der Waals surface area contributed by atoms with E-state index in [2.05, 4.69) is 41.9 Å². The molecule has 1 heterocycles. The van der Waals surface area contributed by atoms with E-state index in [-0.39, 0.29) is 0 Å². The fourth-order valence-corrected chi connectivity index (χ4v) is 3.61. The molecule has 2 rings (SSSR count). The van der Waals surface area contributed by atoms with Crippen LogP contribution in [-0.4, -0.2) is 5.11 Å². The maximum atomic E-state index is 10.4. The normalized spacial score (nSPS) is 12.9. The first-order valence-corrected chi connectivity index (χ1v) is 7.75. The molecule has 18 heavy (non-hydrogen) atoms. The van der Waals surface area contributed by atoms with Crippen LogP contribution in [0, 0.1) is 5.92 Å². The molecular formula is C15H17BrOS. The molecule has 1 nitrogen and oxygen atoms in total. The Morgan fingerprint density at radius 1 is 1.28 bits per heavy atom. The zero-order valence-electron chi connectivity index (χ0n) is 10.6. The van der Waals surface area contributed by atoms with Crippen molar-refractivity contribution >= 4 is 27.3 Å². The topological polar surface area (TPSA) is 20.2 Å². The van der Waals surface area contributed by atoms with Gasteiger partial charge in [-0.2, -0.15) is 0 Å². The van der Waals surface area contributed by atoms with E-state index in [1.54, 1.807) is 11.3 Å².